The standard InChI is InChI=1S/C30H33ClN4O5S/c1-30(2,3)40-29(37)34-18-25-26(19-34)27(25)33-28(36)21-9-7-20(8-10-21)16-35(17-23-6-4-5-15-32-23)41(38,39)24-13-11-22(31)12-14-24/h4-15,25-27H,16-19H2,1-3H3,(H,33,36)/t25-,26+,27?. The maximum atomic E-state index is 13.5. The third-order valence-corrected chi connectivity index (χ3v) is 9.29. The van der Waals surface area contributed by atoms with Crippen molar-refractivity contribution < 1.29 is 22.7 Å². The van der Waals surface area contributed by atoms with Gasteiger partial charge in [0.2, 0.25) is 10.0 Å². The number of fused-ring (bicyclic) bond motifs is 1. The second-order valence-corrected chi connectivity index (χ2v) is 13.8. The van der Waals surface area contributed by atoms with E-state index in [4.69, 9.17) is 16.3 Å². The van der Waals surface area contributed by atoms with Gasteiger partial charge in [-0.05, 0) is 74.9 Å². The van der Waals surface area contributed by atoms with Crippen LogP contribution in [0, 0.1) is 11.8 Å². The molecule has 1 saturated heterocycles. The third kappa shape index (κ3) is 6.89. The zero-order chi connectivity index (χ0) is 29.4. The van der Waals surface area contributed by atoms with E-state index < -0.39 is 15.6 Å². The van der Waals surface area contributed by atoms with Crippen molar-refractivity contribution in [1.82, 2.24) is 19.5 Å². The quantitative estimate of drug-likeness (QED) is 0.403. The van der Waals surface area contributed by atoms with Crippen LogP contribution in [0.2, 0.25) is 5.02 Å². The van der Waals surface area contributed by atoms with Gasteiger partial charge in [0, 0.05) is 54.3 Å². The summed E-state index contributed by atoms with van der Waals surface area (Å²) in [5.74, 6) is 0.256. The Kier molecular flexibility index (Phi) is 8.09. The molecule has 41 heavy (non-hydrogen) atoms. The van der Waals surface area contributed by atoms with Gasteiger partial charge in [-0.2, -0.15) is 4.31 Å². The van der Waals surface area contributed by atoms with E-state index in [1.54, 1.807) is 59.6 Å². The van der Waals surface area contributed by atoms with Crippen molar-refractivity contribution in [3.63, 3.8) is 0 Å². The van der Waals surface area contributed by atoms with Gasteiger partial charge in [0.15, 0.2) is 0 Å². The topological polar surface area (TPSA) is 109 Å². The maximum Gasteiger partial charge on any atom is 0.410 e. The van der Waals surface area contributed by atoms with Gasteiger partial charge in [0.25, 0.3) is 5.91 Å². The number of aromatic nitrogens is 1. The predicted octanol–water partition coefficient (Wildman–Crippen LogP) is 4.72. The molecule has 1 unspecified atom stereocenters. The van der Waals surface area contributed by atoms with Crippen molar-refractivity contribution in [2.24, 2.45) is 11.8 Å². The van der Waals surface area contributed by atoms with Crippen LogP contribution in [-0.4, -0.2) is 59.3 Å². The van der Waals surface area contributed by atoms with E-state index in [0.717, 1.165) is 5.56 Å². The molecular formula is C30H33ClN4O5S. The highest BCUT2D eigenvalue weighted by Gasteiger charge is 2.58. The number of rotatable bonds is 8. The summed E-state index contributed by atoms with van der Waals surface area (Å²) < 4.78 is 33.9. The fraction of sp³-hybridized carbons (Fsp3) is 0.367. The number of hydrogen-bond acceptors (Lipinski definition) is 6. The van der Waals surface area contributed by atoms with E-state index in [0.29, 0.717) is 29.4 Å². The van der Waals surface area contributed by atoms with E-state index in [2.05, 4.69) is 10.3 Å². The normalized spacial score (nSPS) is 20.0. The number of likely N-dealkylation sites (tertiary alicyclic amines) is 1. The lowest BCUT2D eigenvalue weighted by molar-refractivity contribution is 0.0270. The van der Waals surface area contributed by atoms with Crippen LogP contribution in [0.4, 0.5) is 4.79 Å². The van der Waals surface area contributed by atoms with Gasteiger partial charge in [-0.3, -0.25) is 9.78 Å². The molecule has 2 heterocycles. The Bertz CT molecular complexity index is 1500. The van der Waals surface area contributed by atoms with E-state index in [9.17, 15) is 18.0 Å². The van der Waals surface area contributed by atoms with E-state index >= 15 is 0 Å². The molecular weight excluding hydrogens is 564 g/mol. The van der Waals surface area contributed by atoms with Gasteiger partial charge in [0.05, 0.1) is 17.1 Å². The molecule has 1 aliphatic carbocycles. The number of piperidine rings is 1. The summed E-state index contributed by atoms with van der Waals surface area (Å²) in [5, 5.41) is 3.53. The van der Waals surface area contributed by atoms with Crippen LogP contribution in [0.5, 0.6) is 0 Å². The molecule has 0 bridgehead atoms. The van der Waals surface area contributed by atoms with Crippen LogP contribution >= 0.6 is 11.6 Å². The van der Waals surface area contributed by atoms with Gasteiger partial charge in [-0.15, -0.1) is 0 Å². The first-order chi connectivity index (χ1) is 19.4. The highest BCUT2D eigenvalue weighted by atomic mass is 35.5. The van der Waals surface area contributed by atoms with Crippen molar-refractivity contribution in [2.75, 3.05) is 13.1 Å². The SMILES string of the molecule is CC(C)(C)OC(=O)N1C[C@@H]2C(NC(=O)c3ccc(CN(Cc4ccccn4)S(=O)(=O)c4ccc(Cl)cc4)cc3)[C@@H]2C1. The van der Waals surface area contributed by atoms with Gasteiger partial charge in [-0.25, -0.2) is 13.2 Å². The summed E-state index contributed by atoms with van der Waals surface area (Å²) >= 11 is 5.97. The number of halogens is 1. The van der Waals surface area contributed by atoms with Gasteiger partial charge >= 0.3 is 6.09 Å². The Labute approximate surface area is 245 Å². The molecule has 9 nitrogen and oxygen atoms in total. The zero-order valence-electron chi connectivity index (χ0n) is 23.2. The Morgan fingerprint density at radius 3 is 2.24 bits per heavy atom. The molecule has 1 aromatic heterocycles. The minimum absolute atomic E-state index is 0.0271. The molecule has 1 saturated carbocycles. The Balaban J connectivity index is 1.22. The van der Waals surface area contributed by atoms with Crippen molar-refractivity contribution in [1.29, 1.82) is 0 Å². The van der Waals surface area contributed by atoms with Gasteiger partial charge < -0.3 is 15.0 Å². The largest absolute Gasteiger partial charge is 0.444 e. The summed E-state index contributed by atoms with van der Waals surface area (Å²) in [5.41, 5.74) is 1.28. The minimum atomic E-state index is -3.86. The number of carbonyl (C=O) groups is 2. The zero-order valence-corrected chi connectivity index (χ0v) is 24.7. The predicted molar refractivity (Wildman–Crippen MR) is 155 cm³/mol. The molecule has 1 N–H and O–H groups in total. The molecule has 2 fully saturated rings. The minimum Gasteiger partial charge on any atom is -0.444 e. The number of nitrogens with zero attached hydrogens (tertiary/aromatic N) is 3. The van der Waals surface area contributed by atoms with Crippen LogP contribution in [0.3, 0.4) is 0 Å². The summed E-state index contributed by atoms with van der Waals surface area (Å²) in [6.07, 6.45) is 1.30. The number of carbonyl (C=O) groups excluding carboxylic acids is 2. The third-order valence-electron chi connectivity index (χ3n) is 7.23. The lowest BCUT2D eigenvalue weighted by Crippen LogP contribution is -2.40. The smallest absolute Gasteiger partial charge is 0.410 e. The lowest BCUT2D eigenvalue weighted by Gasteiger charge is -2.26. The average molecular weight is 597 g/mol. The van der Waals surface area contributed by atoms with Crippen molar-refractivity contribution in [3.05, 3.63) is 94.8 Å². The van der Waals surface area contributed by atoms with Crippen molar-refractivity contribution >= 4 is 33.6 Å². The molecule has 2 amide bonds. The first-order valence-corrected chi connectivity index (χ1v) is 15.3. The Hall–Kier alpha value is -3.47. The lowest BCUT2D eigenvalue weighted by atomic mass is 10.1. The summed E-state index contributed by atoms with van der Waals surface area (Å²) in [7, 11) is -3.86. The number of hydrogen-bond donors (Lipinski definition) is 1. The first-order valence-electron chi connectivity index (χ1n) is 13.4. The molecule has 3 aromatic rings. The van der Waals surface area contributed by atoms with E-state index in [1.165, 1.54) is 16.4 Å². The van der Waals surface area contributed by atoms with Crippen LogP contribution in [0.25, 0.3) is 0 Å². The molecule has 2 aliphatic rings. The first kappa shape index (κ1) is 29.0. The van der Waals surface area contributed by atoms with Crippen LogP contribution in [-0.2, 0) is 27.8 Å². The Morgan fingerprint density at radius 1 is 1.00 bits per heavy atom. The second kappa shape index (κ2) is 11.4. The number of nitrogens with one attached hydrogen (secondary N) is 1. The number of amides is 2. The fourth-order valence-corrected chi connectivity index (χ4v) is 6.60. The molecule has 0 spiro atoms. The number of sulfonamides is 1. The van der Waals surface area contributed by atoms with Crippen LogP contribution in [0.1, 0.15) is 42.4 Å². The number of benzene rings is 2. The molecule has 3 atom stereocenters. The summed E-state index contributed by atoms with van der Waals surface area (Å²) in [6.45, 7) is 6.83. The highest BCUT2D eigenvalue weighted by molar-refractivity contribution is 7.89. The van der Waals surface area contributed by atoms with Crippen molar-refractivity contribution in [2.45, 2.75) is 50.4 Å². The van der Waals surface area contributed by atoms with Crippen molar-refractivity contribution in [3.8, 4) is 0 Å². The van der Waals surface area contributed by atoms with E-state index in [-0.39, 0.29) is 47.9 Å². The monoisotopic (exact) mass is 596 g/mol. The molecule has 0 radical (unpaired) electrons. The molecule has 1 aliphatic heterocycles. The summed E-state index contributed by atoms with van der Waals surface area (Å²) in [4.78, 5) is 31.4. The average Bonchev–Trinajstić information content (AvgIpc) is 3.34. The van der Waals surface area contributed by atoms with Gasteiger partial charge in [0.1, 0.15) is 5.60 Å². The maximum absolute atomic E-state index is 13.5. The fourth-order valence-electron chi connectivity index (χ4n) is 5.07. The molecule has 216 valence electrons. The Morgan fingerprint density at radius 2 is 1.66 bits per heavy atom. The second-order valence-electron chi connectivity index (χ2n) is 11.5. The van der Waals surface area contributed by atoms with Crippen LogP contribution < -0.4 is 5.32 Å². The molecule has 2 aromatic carbocycles. The highest BCUT2D eigenvalue weighted by Crippen LogP contribution is 2.46. The van der Waals surface area contributed by atoms with E-state index in [1.807, 2.05) is 26.8 Å². The van der Waals surface area contributed by atoms with Crippen LogP contribution in [0.15, 0.2) is 77.8 Å². The number of ether oxygens (including phenoxy) is 1. The molecule has 5 rings (SSSR count). The summed E-state index contributed by atoms with van der Waals surface area (Å²) in [6, 6.07) is 18.4. The van der Waals surface area contributed by atoms with Gasteiger partial charge in [-0.1, -0.05) is 29.8 Å². The number of pyridine rings is 1. The molecule has 11 heteroatoms.